The van der Waals surface area contributed by atoms with Crippen LogP contribution in [0, 0.1) is 0 Å². The van der Waals surface area contributed by atoms with Crippen molar-refractivity contribution in [2.24, 2.45) is 0 Å². The first-order valence-corrected chi connectivity index (χ1v) is 5.72. The van der Waals surface area contributed by atoms with Gasteiger partial charge in [0.05, 0.1) is 20.1 Å². The summed E-state index contributed by atoms with van der Waals surface area (Å²) in [6.45, 7) is 3.23. The molecule has 1 aromatic heterocycles. The molecule has 0 aliphatic rings. The molecule has 17 heavy (non-hydrogen) atoms. The van der Waals surface area contributed by atoms with E-state index in [0.29, 0.717) is 25.4 Å². The number of hydrogen-bond donors (Lipinski definition) is 0. The molecule has 0 N–H and O–H groups in total. The maximum atomic E-state index is 11.0. The molecule has 0 radical (unpaired) electrons. The van der Waals surface area contributed by atoms with Gasteiger partial charge in [-0.3, -0.25) is 9.69 Å². The molecular formula is C11H19N3O3. The van der Waals surface area contributed by atoms with Crippen molar-refractivity contribution >= 4 is 5.97 Å². The number of methoxy groups -OCH3 is 1. The van der Waals surface area contributed by atoms with E-state index >= 15 is 0 Å². The van der Waals surface area contributed by atoms with Crippen LogP contribution in [0.2, 0.25) is 0 Å². The fourth-order valence-electron chi connectivity index (χ4n) is 1.37. The van der Waals surface area contributed by atoms with Gasteiger partial charge in [0.2, 0.25) is 5.89 Å². The molecule has 1 aromatic rings. The van der Waals surface area contributed by atoms with E-state index in [1.807, 2.05) is 11.9 Å². The molecule has 0 amide bonds. The largest absolute Gasteiger partial charge is 0.469 e. The normalized spacial score (nSPS) is 10.8. The van der Waals surface area contributed by atoms with E-state index in [9.17, 15) is 4.79 Å². The first-order valence-electron chi connectivity index (χ1n) is 5.72. The average molecular weight is 241 g/mol. The Morgan fingerprint density at radius 2 is 2.29 bits per heavy atom. The van der Waals surface area contributed by atoms with Crippen LogP contribution >= 0.6 is 0 Å². The molecule has 6 heteroatoms. The minimum atomic E-state index is -0.214. The van der Waals surface area contributed by atoms with Crippen LogP contribution in [0.4, 0.5) is 0 Å². The number of esters is 1. The molecule has 6 nitrogen and oxygen atoms in total. The van der Waals surface area contributed by atoms with Gasteiger partial charge in [0, 0.05) is 13.0 Å². The Morgan fingerprint density at radius 3 is 2.94 bits per heavy atom. The molecule has 0 aromatic carbocycles. The van der Waals surface area contributed by atoms with Crippen molar-refractivity contribution in [1.29, 1.82) is 0 Å². The minimum Gasteiger partial charge on any atom is -0.469 e. The summed E-state index contributed by atoms with van der Waals surface area (Å²) in [5.41, 5.74) is 0. The van der Waals surface area contributed by atoms with Crippen LogP contribution in [-0.4, -0.2) is 41.7 Å². The van der Waals surface area contributed by atoms with Crippen molar-refractivity contribution in [1.82, 2.24) is 15.0 Å². The van der Waals surface area contributed by atoms with E-state index in [0.717, 1.165) is 18.7 Å². The molecule has 0 fully saturated rings. The zero-order chi connectivity index (χ0) is 12.7. The lowest BCUT2D eigenvalue weighted by molar-refractivity contribution is -0.140. The van der Waals surface area contributed by atoms with E-state index in [2.05, 4.69) is 21.8 Å². The van der Waals surface area contributed by atoms with Crippen LogP contribution in [0.15, 0.2) is 4.52 Å². The molecule has 0 unspecified atom stereocenters. The first-order chi connectivity index (χ1) is 8.15. The summed E-state index contributed by atoms with van der Waals surface area (Å²) >= 11 is 0. The number of hydrogen-bond acceptors (Lipinski definition) is 6. The zero-order valence-electron chi connectivity index (χ0n) is 10.6. The molecule has 0 bridgehead atoms. The molecule has 0 aliphatic carbocycles. The lowest BCUT2D eigenvalue weighted by atomic mass is 10.3. The highest BCUT2D eigenvalue weighted by atomic mass is 16.5. The number of carbonyl (C=O) groups excluding carboxylic acids is 1. The quantitative estimate of drug-likeness (QED) is 0.664. The third-order valence-electron chi connectivity index (χ3n) is 2.31. The first kappa shape index (κ1) is 13.6. The molecule has 0 saturated heterocycles. The van der Waals surface area contributed by atoms with Crippen LogP contribution < -0.4 is 0 Å². The van der Waals surface area contributed by atoms with E-state index in [1.54, 1.807) is 0 Å². The van der Waals surface area contributed by atoms with Gasteiger partial charge in [-0.25, -0.2) is 0 Å². The second-order valence-electron chi connectivity index (χ2n) is 3.92. The van der Waals surface area contributed by atoms with Crippen LogP contribution in [0.5, 0.6) is 0 Å². The van der Waals surface area contributed by atoms with E-state index < -0.39 is 0 Å². The number of aryl methyl sites for hydroxylation is 1. The Morgan fingerprint density at radius 1 is 1.53 bits per heavy atom. The summed E-state index contributed by atoms with van der Waals surface area (Å²) in [6.07, 6.45) is 2.19. The highest BCUT2D eigenvalue weighted by molar-refractivity contribution is 5.69. The Kier molecular flexibility index (Phi) is 5.62. The van der Waals surface area contributed by atoms with Crippen molar-refractivity contribution in [3.05, 3.63) is 11.7 Å². The maximum absolute atomic E-state index is 11.0. The van der Waals surface area contributed by atoms with Crippen molar-refractivity contribution in [3.63, 3.8) is 0 Å². The molecule has 0 atom stereocenters. The maximum Gasteiger partial charge on any atom is 0.306 e. The van der Waals surface area contributed by atoms with Gasteiger partial charge in [0.15, 0.2) is 5.82 Å². The van der Waals surface area contributed by atoms with E-state index in [4.69, 9.17) is 4.52 Å². The monoisotopic (exact) mass is 241 g/mol. The van der Waals surface area contributed by atoms with Gasteiger partial charge in [-0.15, -0.1) is 0 Å². The second kappa shape index (κ2) is 7.01. The minimum absolute atomic E-state index is 0.214. The zero-order valence-corrected chi connectivity index (χ0v) is 10.6. The Balaban J connectivity index is 2.34. The highest BCUT2D eigenvalue weighted by Gasteiger charge is 2.10. The number of rotatable bonds is 7. The van der Waals surface area contributed by atoms with Gasteiger partial charge in [-0.2, -0.15) is 4.98 Å². The Labute approximate surface area is 101 Å². The SMILES string of the molecule is CCCc1noc(CN(C)CCC(=O)OC)n1. The Bertz CT molecular complexity index is 351. The molecule has 96 valence electrons. The van der Waals surface area contributed by atoms with Crippen molar-refractivity contribution < 1.29 is 14.1 Å². The summed E-state index contributed by atoms with van der Waals surface area (Å²) in [5, 5.41) is 3.87. The van der Waals surface area contributed by atoms with Crippen molar-refractivity contribution in [2.75, 3.05) is 20.7 Å². The Hall–Kier alpha value is -1.43. The van der Waals surface area contributed by atoms with Gasteiger partial charge in [-0.05, 0) is 13.5 Å². The van der Waals surface area contributed by atoms with Crippen LogP contribution in [0.25, 0.3) is 0 Å². The molecule has 0 spiro atoms. The van der Waals surface area contributed by atoms with Crippen LogP contribution in [0.1, 0.15) is 31.5 Å². The fourth-order valence-corrected chi connectivity index (χ4v) is 1.37. The predicted molar refractivity (Wildman–Crippen MR) is 61.3 cm³/mol. The summed E-state index contributed by atoms with van der Waals surface area (Å²) in [6, 6.07) is 0. The molecule has 0 saturated carbocycles. The lowest BCUT2D eigenvalue weighted by Crippen LogP contribution is -2.22. The van der Waals surface area contributed by atoms with E-state index in [-0.39, 0.29) is 5.97 Å². The van der Waals surface area contributed by atoms with Gasteiger partial charge in [-0.1, -0.05) is 12.1 Å². The molecular weight excluding hydrogens is 222 g/mol. The second-order valence-corrected chi connectivity index (χ2v) is 3.92. The van der Waals surface area contributed by atoms with E-state index in [1.165, 1.54) is 7.11 Å². The van der Waals surface area contributed by atoms with Gasteiger partial charge >= 0.3 is 5.97 Å². The number of carbonyl (C=O) groups is 1. The molecule has 0 aliphatic heterocycles. The number of nitrogens with zero attached hydrogens (tertiary/aromatic N) is 3. The summed E-state index contributed by atoms with van der Waals surface area (Å²) in [4.78, 5) is 17.2. The third-order valence-corrected chi connectivity index (χ3v) is 2.31. The van der Waals surface area contributed by atoms with Crippen molar-refractivity contribution in [3.8, 4) is 0 Å². The van der Waals surface area contributed by atoms with Gasteiger partial charge in [0.25, 0.3) is 0 Å². The fraction of sp³-hybridized carbons (Fsp3) is 0.727. The predicted octanol–water partition coefficient (Wildman–Crippen LogP) is 1.02. The lowest BCUT2D eigenvalue weighted by Gasteiger charge is -2.12. The topological polar surface area (TPSA) is 68.5 Å². The van der Waals surface area contributed by atoms with Crippen LogP contribution in [0.3, 0.4) is 0 Å². The average Bonchev–Trinajstić information content (AvgIpc) is 2.74. The summed E-state index contributed by atoms with van der Waals surface area (Å²) < 4.78 is 9.67. The van der Waals surface area contributed by atoms with Gasteiger partial charge < -0.3 is 9.26 Å². The number of ether oxygens (including phenoxy) is 1. The molecule has 1 heterocycles. The molecule has 1 rings (SSSR count). The number of aromatic nitrogens is 2. The highest BCUT2D eigenvalue weighted by Crippen LogP contribution is 2.03. The third kappa shape index (κ3) is 4.95. The van der Waals surface area contributed by atoms with Crippen LogP contribution in [-0.2, 0) is 22.5 Å². The van der Waals surface area contributed by atoms with Gasteiger partial charge in [0.1, 0.15) is 0 Å². The summed E-state index contributed by atoms with van der Waals surface area (Å²) in [7, 11) is 3.28. The summed E-state index contributed by atoms with van der Waals surface area (Å²) in [5.74, 6) is 1.11. The standard InChI is InChI=1S/C11H19N3O3/c1-4-5-9-12-10(17-13-9)8-14(2)7-6-11(15)16-3/h4-8H2,1-3H3. The smallest absolute Gasteiger partial charge is 0.306 e. The van der Waals surface area contributed by atoms with Crippen molar-refractivity contribution in [2.45, 2.75) is 32.7 Å².